The summed E-state index contributed by atoms with van der Waals surface area (Å²) >= 11 is 1.39. The normalized spacial score (nSPS) is 11.0. The van der Waals surface area contributed by atoms with E-state index in [0.29, 0.717) is 0 Å². The Balaban J connectivity index is 1.42. The molecule has 7 heteroatoms. The van der Waals surface area contributed by atoms with Gasteiger partial charge in [0.1, 0.15) is 11.4 Å². The van der Waals surface area contributed by atoms with E-state index < -0.39 is 0 Å². The minimum absolute atomic E-state index is 0.0657. The van der Waals surface area contributed by atoms with Crippen LogP contribution in [0.2, 0.25) is 0 Å². The number of carbonyl (C=O) groups is 1. The third-order valence-electron chi connectivity index (χ3n) is 5.00. The summed E-state index contributed by atoms with van der Waals surface area (Å²) < 4.78 is 1.79. The second-order valence-corrected chi connectivity index (χ2v) is 8.41. The van der Waals surface area contributed by atoms with Crippen LogP contribution in [0.15, 0.2) is 66.1 Å². The number of aryl methyl sites for hydroxylation is 2. The number of aromatic nitrogens is 4. The molecular formula is C24H25N5OS. The van der Waals surface area contributed by atoms with Gasteiger partial charge in [-0.3, -0.25) is 4.79 Å². The fourth-order valence-corrected chi connectivity index (χ4v) is 4.04. The van der Waals surface area contributed by atoms with Crippen LogP contribution in [-0.4, -0.2) is 31.4 Å². The van der Waals surface area contributed by atoms with Crippen LogP contribution in [0.25, 0.3) is 16.7 Å². The number of rotatable bonds is 8. The van der Waals surface area contributed by atoms with E-state index in [2.05, 4.69) is 39.4 Å². The number of unbranched alkanes of at least 4 members (excludes halogenated alkanes) is 1. The minimum Gasteiger partial charge on any atom is -0.325 e. The molecule has 0 spiro atoms. The van der Waals surface area contributed by atoms with Crippen molar-refractivity contribution in [2.24, 2.45) is 0 Å². The van der Waals surface area contributed by atoms with E-state index in [1.807, 2.05) is 43.3 Å². The summed E-state index contributed by atoms with van der Waals surface area (Å²) in [7, 11) is 0. The second kappa shape index (κ2) is 9.75. The van der Waals surface area contributed by atoms with Crippen molar-refractivity contribution in [3.8, 4) is 5.69 Å². The third-order valence-corrected chi connectivity index (χ3v) is 6.01. The van der Waals surface area contributed by atoms with Crippen LogP contribution in [0.3, 0.4) is 0 Å². The van der Waals surface area contributed by atoms with Crippen LogP contribution in [0.4, 0.5) is 5.69 Å². The summed E-state index contributed by atoms with van der Waals surface area (Å²) in [4.78, 5) is 21.2. The van der Waals surface area contributed by atoms with Crippen LogP contribution in [0.1, 0.15) is 30.9 Å². The van der Waals surface area contributed by atoms with E-state index in [1.54, 1.807) is 10.9 Å². The van der Waals surface area contributed by atoms with Crippen molar-refractivity contribution < 1.29 is 4.79 Å². The molecule has 2 aromatic carbocycles. The number of fused-ring (bicyclic) bond motifs is 1. The zero-order valence-corrected chi connectivity index (χ0v) is 18.5. The monoisotopic (exact) mass is 431 g/mol. The highest BCUT2D eigenvalue weighted by Crippen LogP contribution is 2.26. The number of hydrogen-bond acceptors (Lipinski definition) is 5. The molecule has 2 aromatic heterocycles. The first kappa shape index (κ1) is 21.1. The van der Waals surface area contributed by atoms with Crippen molar-refractivity contribution in [3.05, 3.63) is 72.2 Å². The van der Waals surface area contributed by atoms with Crippen LogP contribution >= 0.6 is 11.8 Å². The Bertz CT molecular complexity index is 1170. The number of thioether (sulfide) groups is 1. The van der Waals surface area contributed by atoms with E-state index >= 15 is 0 Å². The Morgan fingerprint density at radius 3 is 2.58 bits per heavy atom. The predicted octanol–water partition coefficient (Wildman–Crippen LogP) is 5.20. The maximum atomic E-state index is 12.4. The van der Waals surface area contributed by atoms with Gasteiger partial charge in [-0.15, -0.1) is 0 Å². The van der Waals surface area contributed by atoms with E-state index in [9.17, 15) is 4.79 Å². The molecule has 1 amide bonds. The fraction of sp³-hybridized carbons (Fsp3) is 0.250. The summed E-state index contributed by atoms with van der Waals surface area (Å²) in [5.74, 6) is 0.198. The van der Waals surface area contributed by atoms with Crippen LogP contribution in [0, 0.1) is 6.92 Å². The maximum Gasteiger partial charge on any atom is 0.234 e. The summed E-state index contributed by atoms with van der Waals surface area (Å²) in [6.07, 6.45) is 6.70. The molecule has 0 radical (unpaired) electrons. The molecule has 31 heavy (non-hydrogen) atoms. The van der Waals surface area contributed by atoms with E-state index in [0.717, 1.165) is 33.9 Å². The number of carbonyl (C=O) groups excluding carboxylic acids is 1. The minimum atomic E-state index is -0.0657. The molecule has 158 valence electrons. The van der Waals surface area contributed by atoms with Gasteiger partial charge in [0, 0.05) is 5.69 Å². The molecule has 0 unspecified atom stereocenters. The first-order valence-corrected chi connectivity index (χ1v) is 11.4. The standard InChI is InChI=1S/C24H25N5OS/c1-3-4-5-18-8-10-19(11-9-18)28-22(30)15-31-24-21-14-27-29(23(21)25-16-26-24)20-12-6-17(2)7-13-20/h6-14,16H,3-5,15H2,1-2H3,(H,28,30). The quantitative estimate of drug-likeness (QED) is 0.307. The summed E-state index contributed by atoms with van der Waals surface area (Å²) in [6.45, 7) is 4.24. The highest BCUT2D eigenvalue weighted by Gasteiger charge is 2.13. The molecule has 4 aromatic rings. The molecule has 4 rings (SSSR count). The Labute approximate surface area is 186 Å². The van der Waals surface area contributed by atoms with Crippen molar-refractivity contribution in [2.45, 2.75) is 38.1 Å². The number of anilines is 1. The number of hydrogen-bond donors (Lipinski definition) is 1. The molecule has 2 heterocycles. The topological polar surface area (TPSA) is 72.7 Å². The number of nitrogens with zero attached hydrogens (tertiary/aromatic N) is 4. The van der Waals surface area contributed by atoms with Gasteiger partial charge in [-0.2, -0.15) is 5.10 Å². The molecule has 0 saturated carbocycles. The Morgan fingerprint density at radius 2 is 1.84 bits per heavy atom. The van der Waals surface area contributed by atoms with Gasteiger partial charge in [0.05, 0.1) is 23.0 Å². The lowest BCUT2D eigenvalue weighted by Crippen LogP contribution is -2.14. The molecule has 0 aliphatic heterocycles. The van der Waals surface area contributed by atoms with Crippen LogP contribution in [-0.2, 0) is 11.2 Å². The SMILES string of the molecule is CCCCc1ccc(NC(=O)CSc2ncnc3c2cnn3-c2ccc(C)cc2)cc1. The van der Waals surface area contributed by atoms with Crippen molar-refractivity contribution in [1.82, 2.24) is 19.7 Å². The zero-order chi connectivity index (χ0) is 21.6. The fourth-order valence-electron chi connectivity index (χ4n) is 3.28. The maximum absolute atomic E-state index is 12.4. The first-order valence-electron chi connectivity index (χ1n) is 10.4. The van der Waals surface area contributed by atoms with Gasteiger partial charge in [-0.1, -0.05) is 54.9 Å². The molecule has 0 aliphatic rings. The Morgan fingerprint density at radius 1 is 1.06 bits per heavy atom. The average Bonchev–Trinajstić information content (AvgIpc) is 3.22. The van der Waals surface area contributed by atoms with Crippen LogP contribution < -0.4 is 5.32 Å². The lowest BCUT2D eigenvalue weighted by molar-refractivity contribution is -0.113. The molecule has 6 nitrogen and oxygen atoms in total. The van der Waals surface area contributed by atoms with Gasteiger partial charge < -0.3 is 5.32 Å². The van der Waals surface area contributed by atoms with Gasteiger partial charge in [0.25, 0.3) is 0 Å². The summed E-state index contributed by atoms with van der Waals surface area (Å²) in [5.41, 5.74) is 4.96. The lowest BCUT2D eigenvalue weighted by Gasteiger charge is -2.07. The first-order chi connectivity index (χ1) is 15.1. The van der Waals surface area contributed by atoms with Gasteiger partial charge >= 0.3 is 0 Å². The molecule has 0 bridgehead atoms. The largest absolute Gasteiger partial charge is 0.325 e. The molecular weight excluding hydrogens is 406 g/mol. The van der Waals surface area contributed by atoms with Gasteiger partial charge in [-0.05, 0) is 49.6 Å². The molecule has 1 N–H and O–H groups in total. The van der Waals surface area contributed by atoms with Gasteiger partial charge in [0.2, 0.25) is 5.91 Å². The molecule has 0 saturated heterocycles. The van der Waals surface area contributed by atoms with Crippen LogP contribution in [0.5, 0.6) is 0 Å². The lowest BCUT2D eigenvalue weighted by atomic mass is 10.1. The van der Waals surface area contributed by atoms with Crippen molar-refractivity contribution in [3.63, 3.8) is 0 Å². The summed E-state index contributed by atoms with van der Waals surface area (Å²) in [5, 5.41) is 9.01. The third kappa shape index (κ3) is 5.11. The van der Waals surface area contributed by atoms with E-state index in [4.69, 9.17) is 0 Å². The van der Waals surface area contributed by atoms with Crippen molar-refractivity contribution >= 4 is 34.4 Å². The number of amides is 1. The number of benzene rings is 2. The summed E-state index contributed by atoms with van der Waals surface area (Å²) in [6, 6.07) is 16.2. The van der Waals surface area contributed by atoms with E-state index in [-0.39, 0.29) is 11.7 Å². The highest BCUT2D eigenvalue weighted by atomic mass is 32.2. The Kier molecular flexibility index (Phi) is 6.62. The zero-order valence-electron chi connectivity index (χ0n) is 17.7. The van der Waals surface area contributed by atoms with Gasteiger partial charge in [0.15, 0.2) is 5.65 Å². The number of nitrogens with one attached hydrogen (secondary N) is 1. The molecule has 0 fully saturated rings. The average molecular weight is 432 g/mol. The molecule has 0 atom stereocenters. The van der Waals surface area contributed by atoms with Crippen molar-refractivity contribution in [1.29, 1.82) is 0 Å². The van der Waals surface area contributed by atoms with E-state index in [1.165, 1.54) is 42.1 Å². The predicted molar refractivity (Wildman–Crippen MR) is 126 cm³/mol. The molecule has 0 aliphatic carbocycles. The smallest absolute Gasteiger partial charge is 0.234 e. The second-order valence-electron chi connectivity index (χ2n) is 7.45. The highest BCUT2D eigenvalue weighted by molar-refractivity contribution is 8.00. The Hall–Kier alpha value is -3.19. The van der Waals surface area contributed by atoms with Crippen molar-refractivity contribution in [2.75, 3.05) is 11.1 Å². The van der Waals surface area contributed by atoms with Gasteiger partial charge in [-0.25, -0.2) is 14.6 Å².